The van der Waals surface area contributed by atoms with Crippen molar-refractivity contribution in [3.8, 4) is 0 Å². The highest BCUT2D eigenvalue weighted by molar-refractivity contribution is 5.21. The summed E-state index contributed by atoms with van der Waals surface area (Å²) in [5.74, 6) is -1.78. The molecule has 1 fully saturated rings. The molecule has 88 valence electrons. The van der Waals surface area contributed by atoms with E-state index in [1.807, 2.05) is 11.9 Å². The number of rotatable bonds is 2. The standard InChI is InChI=1S/C12H15F2NO/c1-15-6-2-3-11(15)12(16)8-4-5-9(13)10(14)7-8/h4-5,7,11-12,16H,2-3,6H2,1H3. The average Bonchev–Trinajstić information content (AvgIpc) is 2.67. The van der Waals surface area contributed by atoms with E-state index in [4.69, 9.17) is 0 Å². The number of aliphatic hydroxyl groups is 1. The summed E-state index contributed by atoms with van der Waals surface area (Å²) in [5.41, 5.74) is 0.442. The highest BCUT2D eigenvalue weighted by Gasteiger charge is 2.29. The molecule has 0 radical (unpaired) electrons. The van der Waals surface area contributed by atoms with Crippen LogP contribution in [0.5, 0.6) is 0 Å². The Bertz CT molecular complexity index is 383. The van der Waals surface area contributed by atoms with Crippen molar-refractivity contribution < 1.29 is 13.9 Å². The van der Waals surface area contributed by atoms with Crippen LogP contribution in [0.2, 0.25) is 0 Å². The molecule has 1 aromatic rings. The van der Waals surface area contributed by atoms with E-state index in [1.165, 1.54) is 6.07 Å². The summed E-state index contributed by atoms with van der Waals surface area (Å²) < 4.78 is 25.8. The number of hydrogen-bond acceptors (Lipinski definition) is 2. The Hall–Kier alpha value is -1.00. The lowest BCUT2D eigenvalue weighted by Gasteiger charge is -2.25. The van der Waals surface area contributed by atoms with Gasteiger partial charge in [0.25, 0.3) is 0 Å². The highest BCUT2D eigenvalue weighted by atomic mass is 19.2. The van der Waals surface area contributed by atoms with Crippen LogP contribution in [0.15, 0.2) is 18.2 Å². The van der Waals surface area contributed by atoms with Crippen LogP contribution in [-0.2, 0) is 0 Å². The van der Waals surface area contributed by atoms with Crippen molar-refractivity contribution in [2.75, 3.05) is 13.6 Å². The zero-order valence-corrected chi connectivity index (χ0v) is 9.16. The number of nitrogens with zero attached hydrogens (tertiary/aromatic N) is 1. The Morgan fingerprint density at radius 3 is 2.69 bits per heavy atom. The minimum Gasteiger partial charge on any atom is -0.387 e. The first-order valence-electron chi connectivity index (χ1n) is 5.43. The Morgan fingerprint density at radius 2 is 2.12 bits per heavy atom. The molecule has 0 aromatic heterocycles. The lowest BCUT2D eigenvalue weighted by Crippen LogP contribution is -2.31. The van der Waals surface area contributed by atoms with Crippen molar-refractivity contribution in [2.24, 2.45) is 0 Å². The Kier molecular flexibility index (Phi) is 3.21. The molecule has 2 atom stereocenters. The van der Waals surface area contributed by atoms with Gasteiger partial charge in [0.15, 0.2) is 11.6 Å². The average molecular weight is 227 g/mol. The van der Waals surface area contributed by atoms with Gasteiger partial charge < -0.3 is 10.0 Å². The van der Waals surface area contributed by atoms with E-state index >= 15 is 0 Å². The molecule has 2 nitrogen and oxygen atoms in total. The van der Waals surface area contributed by atoms with E-state index in [2.05, 4.69) is 0 Å². The smallest absolute Gasteiger partial charge is 0.159 e. The summed E-state index contributed by atoms with van der Waals surface area (Å²) in [6, 6.07) is 3.58. The van der Waals surface area contributed by atoms with Crippen molar-refractivity contribution in [2.45, 2.75) is 25.0 Å². The minimum absolute atomic E-state index is 0.00450. The van der Waals surface area contributed by atoms with Crippen LogP contribution >= 0.6 is 0 Å². The molecule has 16 heavy (non-hydrogen) atoms. The van der Waals surface area contributed by atoms with Crippen LogP contribution in [0.4, 0.5) is 8.78 Å². The summed E-state index contributed by atoms with van der Waals surface area (Å²) in [4.78, 5) is 2.05. The van der Waals surface area contributed by atoms with E-state index in [-0.39, 0.29) is 6.04 Å². The van der Waals surface area contributed by atoms with Gasteiger partial charge in [0.1, 0.15) is 0 Å². The largest absolute Gasteiger partial charge is 0.387 e. The van der Waals surface area contributed by atoms with Crippen molar-refractivity contribution >= 4 is 0 Å². The maximum Gasteiger partial charge on any atom is 0.159 e. The van der Waals surface area contributed by atoms with Crippen molar-refractivity contribution in [3.05, 3.63) is 35.4 Å². The fraction of sp³-hybridized carbons (Fsp3) is 0.500. The molecule has 1 heterocycles. The Balaban J connectivity index is 2.20. The molecule has 4 heteroatoms. The van der Waals surface area contributed by atoms with Crippen LogP contribution in [-0.4, -0.2) is 29.6 Å². The normalized spacial score (nSPS) is 23.6. The van der Waals surface area contributed by atoms with Gasteiger partial charge in [-0.05, 0) is 44.1 Å². The Labute approximate surface area is 93.5 Å². The van der Waals surface area contributed by atoms with Crippen molar-refractivity contribution in [1.29, 1.82) is 0 Å². The zero-order valence-electron chi connectivity index (χ0n) is 9.16. The number of likely N-dealkylation sites (N-methyl/N-ethyl adjacent to an activating group) is 1. The van der Waals surface area contributed by atoms with Gasteiger partial charge in [0, 0.05) is 6.04 Å². The molecule has 0 bridgehead atoms. The number of hydrogen-bond donors (Lipinski definition) is 1. The molecular formula is C12H15F2NO. The third-order valence-corrected chi connectivity index (χ3v) is 3.23. The van der Waals surface area contributed by atoms with Gasteiger partial charge in [-0.25, -0.2) is 8.78 Å². The summed E-state index contributed by atoms with van der Waals surface area (Å²) in [6.45, 7) is 0.936. The van der Waals surface area contributed by atoms with E-state index in [1.54, 1.807) is 0 Å². The van der Waals surface area contributed by atoms with E-state index in [0.717, 1.165) is 31.5 Å². The molecule has 1 aliphatic heterocycles. The molecule has 0 spiro atoms. The van der Waals surface area contributed by atoms with E-state index < -0.39 is 17.7 Å². The molecule has 1 aromatic carbocycles. The van der Waals surface area contributed by atoms with Crippen LogP contribution < -0.4 is 0 Å². The van der Waals surface area contributed by atoms with Gasteiger partial charge in [-0.15, -0.1) is 0 Å². The van der Waals surface area contributed by atoms with Gasteiger partial charge in [0.2, 0.25) is 0 Å². The number of halogens is 2. The second-order valence-corrected chi connectivity index (χ2v) is 4.31. The topological polar surface area (TPSA) is 23.5 Å². The molecule has 2 rings (SSSR count). The van der Waals surface area contributed by atoms with E-state index in [0.29, 0.717) is 5.56 Å². The first-order chi connectivity index (χ1) is 7.59. The van der Waals surface area contributed by atoms with Crippen molar-refractivity contribution in [1.82, 2.24) is 4.90 Å². The van der Waals surface area contributed by atoms with Gasteiger partial charge in [0.05, 0.1) is 6.10 Å². The molecule has 1 aliphatic rings. The van der Waals surface area contributed by atoms with Crippen molar-refractivity contribution in [3.63, 3.8) is 0 Å². The third kappa shape index (κ3) is 2.08. The van der Waals surface area contributed by atoms with Gasteiger partial charge in [-0.1, -0.05) is 6.07 Å². The predicted molar refractivity (Wildman–Crippen MR) is 57.0 cm³/mol. The summed E-state index contributed by atoms with van der Waals surface area (Å²) in [7, 11) is 1.93. The summed E-state index contributed by atoms with van der Waals surface area (Å²) in [6.07, 6.45) is 1.17. The van der Waals surface area contributed by atoms with Crippen LogP contribution in [0, 0.1) is 11.6 Å². The first-order valence-corrected chi connectivity index (χ1v) is 5.43. The highest BCUT2D eigenvalue weighted by Crippen LogP contribution is 2.28. The van der Waals surface area contributed by atoms with Crippen LogP contribution in [0.1, 0.15) is 24.5 Å². The fourth-order valence-electron chi connectivity index (χ4n) is 2.25. The fourth-order valence-corrected chi connectivity index (χ4v) is 2.25. The number of benzene rings is 1. The quantitative estimate of drug-likeness (QED) is 0.836. The van der Waals surface area contributed by atoms with Gasteiger partial charge in [-0.2, -0.15) is 0 Å². The summed E-state index contributed by atoms with van der Waals surface area (Å²) in [5, 5.41) is 10.1. The third-order valence-electron chi connectivity index (χ3n) is 3.23. The SMILES string of the molecule is CN1CCCC1C(O)c1ccc(F)c(F)c1. The maximum absolute atomic E-state index is 13.0. The maximum atomic E-state index is 13.0. The molecule has 2 unspecified atom stereocenters. The monoisotopic (exact) mass is 227 g/mol. The van der Waals surface area contributed by atoms with E-state index in [9.17, 15) is 13.9 Å². The lowest BCUT2D eigenvalue weighted by atomic mass is 10.0. The lowest BCUT2D eigenvalue weighted by molar-refractivity contribution is 0.0853. The number of aliphatic hydroxyl groups excluding tert-OH is 1. The zero-order chi connectivity index (χ0) is 11.7. The Morgan fingerprint density at radius 1 is 1.38 bits per heavy atom. The van der Waals surface area contributed by atoms with Gasteiger partial charge >= 0.3 is 0 Å². The molecule has 1 N–H and O–H groups in total. The molecule has 0 aliphatic carbocycles. The molecular weight excluding hydrogens is 212 g/mol. The second kappa shape index (κ2) is 4.47. The summed E-state index contributed by atoms with van der Waals surface area (Å²) >= 11 is 0. The predicted octanol–water partition coefficient (Wildman–Crippen LogP) is 2.09. The van der Waals surface area contributed by atoms with Crippen LogP contribution in [0.3, 0.4) is 0 Å². The molecule has 0 amide bonds. The van der Waals surface area contributed by atoms with Gasteiger partial charge in [-0.3, -0.25) is 0 Å². The molecule has 1 saturated heterocycles. The minimum atomic E-state index is -0.905. The first kappa shape index (κ1) is 11.5. The number of likely N-dealkylation sites (tertiary alicyclic amines) is 1. The molecule has 0 saturated carbocycles. The van der Waals surface area contributed by atoms with Crippen LogP contribution in [0.25, 0.3) is 0 Å². The second-order valence-electron chi connectivity index (χ2n) is 4.31.